The van der Waals surface area contributed by atoms with Crippen molar-refractivity contribution in [3.63, 3.8) is 0 Å². The van der Waals surface area contributed by atoms with Crippen LogP contribution in [0, 0.1) is 0 Å². The molecule has 6 nitrogen and oxygen atoms in total. The van der Waals surface area contributed by atoms with Crippen molar-refractivity contribution in [2.24, 2.45) is 7.05 Å². The van der Waals surface area contributed by atoms with Crippen LogP contribution in [0.1, 0.15) is 49.0 Å². The van der Waals surface area contributed by atoms with Gasteiger partial charge >= 0.3 is 0 Å². The van der Waals surface area contributed by atoms with Gasteiger partial charge in [0.25, 0.3) is 11.5 Å². The predicted molar refractivity (Wildman–Crippen MR) is 155 cm³/mol. The van der Waals surface area contributed by atoms with Crippen molar-refractivity contribution in [1.29, 1.82) is 0 Å². The summed E-state index contributed by atoms with van der Waals surface area (Å²) in [6, 6.07) is 22.6. The lowest BCUT2D eigenvalue weighted by Crippen LogP contribution is -2.27. The second-order valence-corrected chi connectivity index (χ2v) is 10.4. The molecule has 190 valence electrons. The van der Waals surface area contributed by atoms with Gasteiger partial charge in [0.15, 0.2) is 0 Å². The number of nitrogens with zero attached hydrogens (tertiary/aromatic N) is 3. The van der Waals surface area contributed by atoms with Gasteiger partial charge in [0.2, 0.25) is 0 Å². The SMILES string of the molecule is CCn1c2ccccc2c2cc(NC(=O)c3cn(C4CCCC4)c(=O)c4c3c3ccccc3n4C)ccc21. The largest absolute Gasteiger partial charge is 0.341 e. The quantitative estimate of drug-likeness (QED) is 0.282. The molecule has 6 aromatic rings. The number of amides is 1. The van der Waals surface area contributed by atoms with Crippen molar-refractivity contribution < 1.29 is 4.79 Å². The van der Waals surface area contributed by atoms with Gasteiger partial charge in [0, 0.05) is 69.6 Å². The van der Waals surface area contributed by atoms with E-state index in [1.807, 2.05) is 52.7 Å². The number of aromatic nitrogens is 3. The molecule has 38 heavy (non-hydrogen) atoms. The molecular weight excluding hydrogens is 472 g/mol. The summed E-state index contributed by atoms with van der Waals surface area (Å²) in [5, 5.41) is 7.11. The van der Waals surface area contributed by atoms with Crippen molar-refractivity contribution in [1.82, 2.24) is 13.7 Å². The lowest BCUT2D eigenvalue weighted by molar-refractivity contribution is 0.102. The minimum Gasteiger partial charge on any atom is -0.341 e. The summed E-state index contributed by atoms with van der Waals surface area (Å²) in [7, 11) is 1.92. The van der Waals surface area contributed by atoms with Crippen molar-refractivity contribution >= 4 is 55.2 Å². The molecule has 1 saturated carbocycles. The predicted octanol–water partition coefficient (Wildman–Crippen LogP) is 6.99. The first-order chi connectivity index (χ1) is 18.6. The van der Waals surface area contributed by atoms with Crippen LogP contribution in [-0.4, -0.2) is 19.6 Å². The molecule has 1 aliphatic carbocycles. The molecule has 0 spiro atoms. The molecule has 0 unspecified atom stereocenters. The van der Waals surface area contributed by atoms with Crippen LogP contribution in [0.25, 0.3) is 43.6 Å². The maximum Gasteiger partial charge on any atom is 0.275 e. The Labute approximate surface area is 220 Å². The minimum absolute atomic E-state index is 0.0176. The zero-order valence-corrected chi connectivity index (χ0v) is 21.7. The molecule has 3 aromatic carbocycles. The van der Waals surface area contributed by atoms with E-state index in [0.717, 1.165) is 65.1 Å². The zero-order valence-electron chi connectivity index (χ0n) is 21.7. The monoisotopic (exact) mass is 502 g/mol. The van der Waals surface area contributed by atoms with Gasteiger partial charge in [-0.05, 0) is 50.1 Å². The van der Waals surface area contributed by atoms with E-state index < -0.39 is 0 Å². The molecule has 7 rings (SSSR count). The van der Waals surface area contributed by atoms with Crippen molar-refractivity contribution in [3.8, 4) is 0 Å². The first-order valence-corrected chi connectivity index (χ1v) is 13.5. The topological polar surface area (TPSA) is 61.0 Å². The molecule has 3 aromatic heterocycles. The number of para-hydroxylation sites is 2. The van der Waals surface area contributed by atoms with Crippen molar-refractivity contribution in [2.45, 2.75) is 45.2 Å². The molecular formula is C32H30N4O2. The highest BCUT2D eigenvalue weighted by Gasteiger charge is 2.25. The van der Waals surface area contributed by atoms with Gasteiger partial charge in [-0.25, -0.2) is 0 Å². The molecule has 3 heterocycles. The Hall–Kier alpha value is -4.32. The third kappa shape index (κ3) is 3.26. The van der Waals surface area contributed by atoms with E-state index in [2.05, 4.69) is 53.2 Å². The maximum atomic E-state index is 14.0. The Morgan fingerprint density at radius 2 is 1.58 bits per heavy atom. The van der Waals surface area contributed by atoms with Crippen LogP contribution in [0.15, 0.2) is 77.7 Å². The Balaban J connectivity index is 1.40. The number of rotatable bonds is 4. The fraction of sp³-hybridized carbons (Fsp3) is 0.250. The number of carbonyl (C=O) groups is 1. The number of fused-ring (bicyclic) bond motifs is 6. The smallest absolute Gasteiger partial charge is 0.275 e. The summed E-state index contributed by atoms with van der Waals surface area (Å²) in [5.41, 5.74) is 5.15. The number of aryl methyl sites for hydroxylation is 2. The van der Waals surface area contributed by atoms with Gasteiger partial charge in [-0.1, -0.05) is 49.2 Å². The van der Waals surface area contributed by atoms with E-state index in [1.165, 1.54) is 10.9 Å². The van der Waals surface area contributed by atoms with E-state index in [1.54, 1.807) is 0 Å². The lowest BCUT2D eigenvalue weighted by atomic mass is 10.1. The zero-order chi connectivity index (χ0) is 26.0. The fourth-order valence-electron chi connectivity index (χ4n) is 6.60. The summed E-state index contributed by atoms with van der Waals surface area (Å²) in [4.78, 5) is 27.7. The molecule has 6 heteroatoms. The molecule has 1 fully saturated rings. The van der Waals surface area contributed by atoms with Crippen LogP contribution in [0.3, 0.4) is 0 Å². The third-order valence-corrected chi connectivity index (χ3v) is 8.39. The van der Waals surface area contributed by atoms with E-state index in [4.69, 9.17) is 0 Å². The number of hydrogen-bond acceptors (Lipinski definition) is 2. The second kappa shape index (κ2) is 8.62. The Kier molecular flexibility index (Phi) is 5.18. The van der Waals surface area contributed by atoms with Gasteiger partial charge in [-0.2, -0.15) is 0 Å². The lowest BCUT2D eigenvalue weighted by Gasteiger charge is -2.17. The molecule has 0 atom stereocenters. The average molecular weight is 503 g/mol. The summed E-state index contributed by atoms with van der Waals surface area (Å²) >= 11 is 0. The Morgan fingerprint density at radius 3 is 2.34 bits per heavy atom. The normalized spacial score (nSPS) is 14.4. The molecule has 0 aliphatic heterocycles. The molecule has 0 bridgehead atoms. The molecule has 1 N–H and O–H groups in total. The van der Waals surface area contributed by atoms with E-state index in [9.17, 15) is 9.59 Å². The van der Waals surface area contributed by atoms with Crippen LogP contribution >= 0.6 is 0 Å². The number of nitrogens with one attached hydrogen (secondary N) is 1. The van der Waals surface area contributed by atoms with Gasteiger partial charge in [-0.3, -0.25) is 9.59 Å². The van der Waals surface area contributed by atoms with Crippen LogP contribution in [-0.2, 0) is 13.6 Å². The Morgan fingerprint density at radius 1 is 0.895 bits per heavy atom. The van der Waals surface area contributed by atoms with E-state index >= 15 is 0 Å². The minimum atomic E-state index is -0.198. The second-order valence-electron chi connectivity index (χ2n) is 10.4. The summed E-state index contributed by atoms with van der Waals surface area (Å²) in [6.07, 6.45) is 5.96. The van der Waals surface area contributed by atoms with E-state index in [-0.39, 0.29) is 17.5 Å². The van der Waals surface area contributed by atoms with Gasteiger partial charge < -0.3 is 19.0 Å². The van der Waals surface area contributed by atoms with Crippen LogP contribution < -0.4 is 10.9 Å². The third-order valence-electron chi connectivity index (χ3n) is 8.39. The van der Waals surface area contributed by atoms with Crippen molar-refractivity contribution in [3.05, 3.63) is 88.8 Å². The Bertz CT molecular complexity index is 1950. The van der Waals surface area contributed by atoms with Gasteiger partial charge in [-0.15, -0.1) is 0 Å². The average Bonchev–Trinajstić information content (AvgIpc) is 3.65. The van der Waals surface area contributed by atoms with E-state index in [0.29, 0.717) is 11.1 Å². The van der Waals surface area contributed by atoms with Crippen LogP contribution in [0.5, 0.6) is 0 Å². The first-order valence-electron chi connectivity index (χ1n) is 13.5. The van der Waals surface area contributed by atoms with Crippen molar-refractivity contribution in [2.75, 3.05) is 5.32 Å². The highest BCUT2D eigenvalue weighted by Crippen LogP contribution is 2.34. The van der Waals surface area contributed by atoms with Gasteiger partial charge in [0.05, 0.1) is 5.56 Å². The number of benzene rings is 3. The summed E-state index contributed by atoms with van der Waals surface area (Å²) in [5.74, 6) is -0.198. The standard InChI is InChI=1S/C32H30N4O2/c1-3-35-27-15-9-6-12-22(27)24-18-20(16-17-28(24)35)33-31(37)25-19-36(21-10-4-5-11-21)32(38)30-29(25)23-13-7-8-14-26(23)34(30)2/h6-9,12-19,21H,3-5,10-11H2,1-2H3,(H,33,37). The summed E-state index contributed by atoms with van der Waals surface area (Å²) in [6.45, 7) is 3.02. The summed E-state index contributed by atoms with van der Waals surface area (Å²) < 4.78 is 6.06. The fourth-order valence-corrected chi connectivity index (χ4v) is 6.60. The van der Waals surface area contributed by atoms with Gasteiger partial charge in [0.1, 0.15) is 5.52 Å². The van der Waals surface area contributed by atoms with Crippen LogP contribution in [0.4, 0.5) is 5.69 Å². The number of pyridine rings is 1. The number of hydrogen-bond donors (Lipinski definition) is 1. The molecule has 1 aliphatic rings. The number of carbonyl (C=O) groups excluding carboxylic acids is 1. The molecule has 1 amide bonds. The highest BCUT2D eigenvalue weighted by molar-refractivity contribution is 6.21. The number of anilines is 1. The highest BCUT2D eigenvalue weighted by atomic mass is 16.2. The first kappa shape index (κ1) is 22.8. The molecule has 0 saturated heterocycles. The molecule has 0 radical (unpaired) electrons. The maximum absolute atomic E-state index is 14.0. The van der Waals surface area contributed by atoms with Crippen LogP contribution in [0.2, 0.25) is 0 Å².